The summed E-state index contributed by atoms with van der Waals surface area (Å²) in [4.78, 5) is 15.9. The van der Waals surface area contributed by atoms with Gasteiger partial charge in [-0.1, -0.05) is 12.1 Å². The van der Waals surface area contributed by atoms with E-state index in [2.05, 4.69) is 27.6 Å². The van der Waals surface area contributed by atoms with Crippen molar-refractivity contribution in [1.82, 2.24) is 10.4 Å². The predicted octanol–water partition coefficient (Wildman–Crippen LogP) is 4.32. The van der Waals surface area contributed by atoms with E-state index in [4.69, 9.17) is 14.2 Å². The van der Waals surface area contributed by atoms with Crippen LogP contribution in [0.4, 0.5) is 0 Å². The number of carbonyl (C=O) groups is 1. The summed E-state index contributed by atoms with van der Waals surface area (Å²) < 4.78 is 17.1. The van der Waals surface area contributed by atoms with Gasteiger partial charge in [0.2, 0.25) is 0 Å². The smallest absolute Gasteiger partial charge is 0.271 e. The standard InChI is InChI=1S/C25H27N3O4/c1-18-5-6-19(2)23(15-18)32-14-4-13-31-22-8-7-20(16-24(22)30-3)17-27-28-25(29)21-9-11-26-12-10-21/h5-12,15-17H,4,13-14H2,1-3H3,(H,28,29)/b27-17+. The average molecular weight is 434 g/mol. The van der Waals surface area contributed by atoms with E-state index in [-0.39, 0.29) is 5.91 Å². The number of pyridine rings is 1. The van der Waals surface area contributed by atoms with E-state index < -0.39 is 0 Å². The third-order valence-corrected chi connectivity index (χ3v) is 4.66. The van der Waals surface area contributed by atoms with Crippen LogP contribution in [0.1, 0.15) is 33.5 Å². The molecule has 7 nitrogen and oxygen atoms in total. The van der Waals surface area contributed by atoms with Crippen LogP contribution in [0.25, 0.3) is 0 Å². The third kappa shape index (κ3) is 6.57. The van der Waals surface area contributed by atoms with Crippen molar-refractivity contribution in [2.45, 2.75) is 20.3 Å². The topological polar surface area (TPSA) is 82.0 Å². The highest BCUT2D eigenvalue weighted by atomic mass is 16.5. The number of hydrogen-bond acceptors (Lipinski definition) is 6. The van der Waals surface area contributed by atoms with Gasteiger partial charge in [0.25, 0.3) is 5.91 Å². The van der Waals surface area contributed by atoms with Crippen molar-refractivity contribution >= 4 is 12.1 Å². The molecule has 3 rings (SSSR count). The minimum absolute atomic E-state index is 0.307. The summed E-state index contributed by atoms with van der Waals surface area (Å²) in [6.45, 7) is 5.14. The van der Waals surface area contributed by atoms with E-state index in [9.17, 15) is 4.79 Å². The summed E-state index contributed by atoms with van der Waals surface area (Å²) in [7, 11) is 1.58. The molecule has 1 aromatic heterocycles. The number of amides is 1. The zero-order valence-corrected chi connectivity index (χ0v) is 18.5. The number of benzene rings is 2. The molecule has 0 aliphatic carbocycles. The van der Waals surface area contributed by atoms with Gasteiger partial charge in [-0.3, -0.25) is 9.78 Å². The van der Waals surface area contributed by atoms with Crippen molar-refractivity contribution in [2.75, 3.05) is 20.3 Å². The van der Waals surface area contributed by atoms with Crippen LogP contribution >= 0.6 is 0 Å². The molecule has 0 atom stereocenters. The lowest BCUT2D eigenvalue weighted by Crippen LogP contribution is -2.17. The molecule has 7 heteroatoms. The molecule has 1 heterocycles. The first-order valence-corrected chi connectivity index (χ1v) is 10.3. The highest BCUT2D eigenvalue weighted by Gasteiger charge is 2.07. The number of carbonyl (C=O) groups excluding carboxylic acids is 1. The van der Waals surface area contributed by atoms with Gasteiger partial charge in [-0.2, -0.15) is 5.10 Å². The van der Waals surface area contributed by atoms with E-state index in [0.29, 0.717) is 30.3 Å². The van der Waals surface area contributed by atoms with E-state index in [1.165, 1.54) is 5.56 Å². The molecule has 0 unspecified atom stereocenters. The predicted molar refractivity (Wildman–Crippen MR) is 124 cm³/mol. The van der Waals surface area contributed by atoms with Crippen LogP contribution in [0.5, 0.6) is 17.2 Å². The van der Waals surface area contributed by atoms with Gasteiger partial charge in [-0.15, -0.1) is 0 Å². The van der Waals surface area contributed by atoms with Crippen LogP contribution in [0.3, 0.4) is 0 Å². The molecule has 32 heavy (non-hydrogen) atoms. The van der Waals surface area contributed by atoms with Crippen molar-refractivity contribution in [3.05, 3.63) is 83.2 Å². The number of ether oxygens (including phenoxy) is 3. The van der Waals surface area contributed by atoms with Gasteiger partial charge in [-0.25, -0.2) is 5.43 Å². The minimum atomic E-state index is -0.307. The normalized spacial score (nSPS) is 10.7. The van der Waals surface area contributed by atoms with Gasteiger partial charge in [0, 0.05) is 24.4 Å². The van der Waals surface area contributed by atoms with Gasteiger partial charge in [0.1, 0.15) is 5.75 Å². The zero-order chi connectivity index (χ0) is 22.8. The Morgan fingerprint density at radius 1 is 0.969 bits per heavy atom. The lowest BCUT2D eigenvalue weighted by atomic mass is 10.1. The number of hydrazone groups is 1. The molecular formula is C25H27N3O4. The fourth-order valence-corrected chi connectivity index (χ4v) is 2.90. The number of nitrogens with one attached hydrogen (secondary N) is 1. The van der Waals surface area contributed by atoms with Gasteiger partial charge >= 0.3 is 0 Å². The van der Waals surface area contributed by atoms with E-state index in [1.807, 2.05) is 32.0 Å². The Balaban J connectivity index is 1.48. The molecule has 0 radical (unpaired) electrons. The molecule has 1 N–H and O–H groups in total. The summed E-state index contributed by atoms with van der Waals surface area (Å²) in [5.41, 5.74) is 6.03. The molecule has 3 aromatic rings. The van der Waals surface area contributed by atoms with E-state index in [1.54, 1.807) is 43.9 Å². The van der Waals surface area contributed by atoms with Gasteiger partial charge in [0.05, 0.1) is 26.5 Å². The Morgan fingerprint density at radius 3 is 2.47 bits per heavy atom. The lowest BCUT2D eigenvalue weighted by Gasteiger charge is -2.12. The molecule has 166 valence electrons. The van der Waals surface area contributed by atoms with Crippen molar-refractivity contribution < 1.29 is 19.0 Å². The van der Waals surface area contributed by atoms with Crippen LogP contribution in [0.2, 0.25) is 0 Å². The maximum absolute atomic E-state index is 12.0. The first-order valence-electron chi connectivity index (χ1n) is 10.3. The van der Waals surface area contributed by atoms with Crippen LogP contribution in [-0.2, 0) is 0 Å². The second-order valence-electron chi connectivity index (χ2n) is 7.16. The van der Waals surface area contributed by atoms with Crippen LogP contribution < -0.4 is 19.6 Å². The fraction of sp³-hybridized carbons (Fsp3) is 0.240. The summed E-state index contributed by atoms with van der Waals surface area (Å²) in [6, 6.07) is 14.9. The maximum Gasteiger partial charge on any atom is 0.271 e. The Kier molecular flexibility index (Phi) is 8.20. The minimum Gasteiger partial charge on any atom is -0.493 e. The third-order valence-electron chi connectivity index (χ3n) is 4.66. The quantitative estimate of drug-likeness (QED) is 0.293. The number of aromatic nitrogens is 1. The van der Waals surface area contributed by atoms with Crippen molar-refractivity contribution in [2.24, 2.45) is 5.10 Å². The molecule has 2 aromatic carbocycles. The molecule has 0 aliphatic heterocycles. The Labute approximate surface area is 188 Å². The monoisotopic (exact) mass is 433 g/mol. The Hall–Kier alpha value is -3.87. The zero-order valence-electron chi connectivity index (χ0n) is 18.5. The number of aryl methyl sites for hydroxylation is 2. The van der Waals surface area contributed by atoms with E-state index in [0.717, 1.165) is 23.3 Å². The highest BCUT2D eigenvalue weighted by Crippen LogP contribution is 2.27. The average Bonchev–Trinajstić information content (AvgIpc) is 2.82. The van der Waals surface area contributed by atoms with Crippen LogP contribution in [0.15, 0.2) is 66.0 Å². The number of methoxy groups -OCH3 is 1. The maximum atomic E-state index is 12.0. The summed E-state index contributed by atoms with van der Waals surface area (Å²) in [5.74, 6) is 1.82. The van der Waals surface area contributed by atoms with Crippen molar-refractivity contribution in [1.29, 1.82) is 0 Å². The second kappa shape index (κ2) is 11.5. The summed E-state index contributed by atoms with van der Waals surface area (Å²) in [6.07, 6.45) is 5.39. The molecule has 0 saturated carbocycles. The van der Waals surface area contributed by atoms with Gasteiger partial charge < -0.3 is 14.2 Å². The van der Waals surface area contributed by atoms with Crippen molar-refractivity contribution in [3.8, 4) is 17.2 Å². The molecule has 1 amide bonds. The lowest BCUT2D eigenvalue weighted by molar-refractivity contribution is 0.0955. The van der Waals surface area contributed by atoms with Crippen molar-refractivity contribution in [3.63, 3.8) is 0 Å². The summed E-state index contributed by atoms with van der Waals surface area (Å²) in [5, 5.41) is 3.99. The molecule has 0 spiro atoms. The first-order chi connectivity index (χ1) is 15.6. The molecule has 0 fully saturated rings. The fourth-order valence-electron chi connectivity index (χ4n) is 2.90. The largest absolute Gasteiger partial charge is 0.493 e. The Morgan fingerprint density at radius 2 is 1.72 bits per heavy atom. The Bertz CT molecular complexity index is 1070. The molecule has 0 saturated heterocycles. The molecule has 0 aliphatic rings. The van der Waals surface area contributed by atoms with Crippen LogP contribution in [0, 0.1) is 13.8 Å². The van der Waals surface area contributed by atoms with Crippen LogP contribution in [-0.4, -0.2) is 37.4 Å². The molecule has 0 bridgehead atoms. The second-order valence-corrected chi connectivity index (χ2v) is 7.16. The number of hydrogen-bond donors (Lipinski definition) is 1. The molecular weight excluding hydrogens is 406 g/mol. The number of rotatable bonds is 10. The van der Waals surface area contributed by atoms with Gasteiger partial charge in [-0.05, 0) is 66.9 Å². The first kappa shape index (κ1) is 22.8. The number of nitrogens with zero attached hydrogens (tertiary/aromatic N) is 2. The summed E-state index contributed by atoms with van der Waals surface area (Å²) >= 11 is 0. The SMILES string of the molecule is COc1cc(/C=N/NC(=O)c2ccncc2)ccc1OCCCOc1cc(C)ccc1C. The van der Waals surface area contributed by atoms with E-state index >= 15 is 0 Å². The highest BCUT2D eigenvalue weighted by molar-refractivity contribution is 5.94. The van der Waals surface area contributed by atoms with Gasteiger partial charge in [0.15, 0.2) is 11.5 Å².